The van der Waals surface area contributed by atoms with E-state index in [1.54, 1.807) is 6.08 Å². The summed E-state index contributed by atoms with van der Waals surface area (Å²) in [4.78, 5) is 44.7. The van der Waals surface area contributed by atoms with Crippen LogP contribution in [-0.4, -0.2) is 79.4 Å². The average Bonchev–Trinajstić information content (AvgIpc) is 3.16. The Morgan fingerprint density at radius 1 is 1.09 bits per heavy atom. The molecule has 0 unspecified atom stereocenters. The van der Waals surface area contributed by atoms with Gasteiger partial charge in [0.25, 0.3) is 0 Å². The van der Waals surface area contributed by atoms with Crippen LogP contribution < -0.4 is 5.32 Å². The van der Waals surface area contributed by atoms with Crippen LogP contribution >= 0.6 is 0 Å². The largest absolute Gasteiger partial charge is 0.338 e. The number of rotatable bonds is 6. The van der Waals surface area contributed by atoms with E-state index in [4.69, 9.17) is 0 Å². The van der Waals surface area contributed by atoms with Gasteiger partial charge in [-0.15, -0.1) is 0 Å². The highest BCUT2D eigenvalue weighted by molar-refractivity contribution is 5.96. The summed E-state index contributed by atoms with van der Waals surface area (Å²) in [7, 11) is 5.99. The SMILES string of the molecule is CCNC(=O)N(CCCN(C)C)C(=O)[C@H]1CC[C@H]2[C@@H]3CC[C@H]4N(C)C(=O)C=C[C@]4(C)[C@H]3CC[C@]12C. The highest BCUT2D eigenvalue weighted by atomic mass is 16.2. The topological polar surface area (TPSA) is 73.0 Å². The summed E-state index contributed by atoms with van der Waals surface area (Å²) in [5.74, 6) is 1.68. The van der Waals surface area contributed by atoms with E-state index in [-0.39, 0.29) is 40.6 Å². The van der Waals surface area contributed by atoms with Crippen LogP contribution in [0.4, 0.5) is 4.79 Å². The minimum Gasteiger partial charge on any atom is -0.338 e. The summed E-state index contributed by atoms with van der Waals surface area (Å²) in [5.41, 5.74) is -0.0535. The molecule has 3 aliphatic carbocycles. The molecule has 7 atom stereocenters. The Morgan fingerprint density at radius 2 is 1.83 bits per heavy atom. The number of likely N-dealkylation sites (N-methyl/N-ethyl adjacent to an activating group) is 1. The molecule has 0 bridgehead atoms. The molecule has 35 heavy (non-hydrogen) atoms. The predicted molar refractivity (Wildman–Crippen MR) is 138 cm³/mol. The van der Waals surface area contributed by atoms with Gasteiger partial charge in [-0.05, 0) is 102 Å². The molecule has 7 heteroatoms. The highest BCUT2D eigenvalue weighted by Crippen LogP contribution is 2.65. The molecule has 4 aliphatic rings. The smallest absolute Gasteiger partial charge is 0.324 e. The highest BCUT2D eigenvalue weighted by Gasteiger charge is 2.62. The maximum atomic E-state index is 13.9. The molecule has 7 nitrogen and oxygen atoms in total. The number of hydrogen-bond donors (Lipinski definition) is 1. The Morgan fingerprint density at radius 3 is 2.51 bits per heavy atom. The minimum absolute atomic E-state index is 0.00816. The molecule has 0 aromatic rings. The van der Waals surface area contributed by atoms with E-state index in [9.17, 15) is 14.4 Å². The molecule has 0 aromatic heterocycles. The summed E-state index contributed by atoms with van der Waals surface area (Å²) < 4.78 is 0. The Bertz CT molecular complexity index is 872. The summed E-state index contributed by atoms with van der Waals surface area (Å²) in [6.45, 7) is 8.43. The fourth-order valence-electron chi connectivity index (χ4n) is 8.44. The first-order chi connectivity index (χ1) is 16.5. The first-order valence-electron chi connectivity index (χ1n) is 13.7. The van der Waals surface area contributed by atoms with E-state index in [1.165, 1.54) is 4.90 Å². The fourth-order valence-corrected chi connectivity index (χ4v) is 8.44. The Kier molecular flexibility index (Phi) is 7.38. The van der Waals surface area contributed by atoms with Crippen LogP contribution in [0.25, 0.3) is 0 Å². The maximum absolute atomic E-state index is 13.9. The van der Waals surface area contributed by atoms with Crippen LogP contribution in [0.1, 0.15) is 65.7 Å². The predicted octanol–water partition coefficient (Wildman–Crippen LogP) is 3.75. The van der Waals surface area contributed by atoms with Crippen LogP contribution in [0.3, 0.4) is 0 Å². The van der Waals surface area contributed by atoms with Crippen molar-refractivity contribution in [1.82, 2.24) is 20.0 Å². The van der Waals surface area contributed by atoms with E-state index < -0.39 is 0 Å². The molecule has 1 heterocycles. The molecule has 1 N–H and O–H groups in total. The molecule has 0 saturated heterocycles. The zero-order valence-corrected chi connectivity index (χ0v) is 22.7. The fraction of sp³-hybridized carbons (Fsp3) is 0.821. The molecule has 196 valence electrons. The van der Waals surface area contributed by atoms with Crippen molar-refractivity contribution in [1.29, 1.82) is 0 Å². The second-order valence-corrected chi connectivity index (χ2v) is 12.3. The van der Waals surface area contributed by atoms with Gasteiger partial charge in [-0.3, -0.25) is 14.5 Å². The lowest BCUT2D eigenvalue weighted by Crippen LogP contribution is -2.60. The second-order valence-electron chi connectivity index (χ2n) is 12.3. The first kappa shape index (κ1) is 26.2. The molecule has 1 aliphatic heterocycles. The summed E-state index contributed by atoms with van der Waals surface area (Å²) in [5, 5.41) is 2.87. The maximum Gasteiger partial charge on any atom is 0.324 e. The van der Waals surface area contributed by atoms with E-state index in [0.717, 1.165) is 51.5 Å². The molecule has 0 spiro atoms. The molecule has 3 fully saturated rings. The monoisotopic (exact) mass is 486 g/mol. The van der Waals surface area contributed by atoms with Gasteiger partial charge in [0.05, 0.1) is 0 Å². The van der Waals surface area contributed by atoms with Crippen LogP contribution in [0.2, 0.25) is 0 Å². The lowest BCUT2D eigenvalue weighted by atomic mass is 9.47. The number of carbonyl (C=O) groups is 3. The second kappa shape index (κ2) is 9.87. The lowest BCUT2D eigenvalue weighted by Gasteiger charge is -2.60. The normalized spacial score (nSPS) is 38.1. The summed E-state index contributed by atoms with van der Waals surface area (Å²) >= 11 is 0. The number of carbonyl (C=O) groups excluding carboxylic acids is 3. The number of nitrogens with one attached hydrogen (secondary N) is 1. The Labute approximate surface area is 211 Å². The molecule has 4 amide bonds. The van der Waals surface area contributed by atoms with Gasteiger partial charge in [0.2, 0.25) is 11.8 Å². The molecule has 4 rings (SSSR count). The van der Waals surface area contributed by atoms with Crippen molar-refractivity contribution in [3.05, 3.63) is 12.2 Å². The van der Waals surface area contributed by atoms with Gasteiger partial charge in [0, 0.05) is 37.5 Å². The van der Waals surface area contributed by atoms with Crippen molar-refractivity contribution in [2.45, 2.75) is 71.8 Å². The van der Waals surface area contributed by atoms with Crippen LogP contribution in [0, 0.1) is 34.5 Å². The lowest BCUT2D eigenvalue weighted by molar-refractivity contribution is -0.145. The molecular weight excluding hydrogens is 440 g/mol. The van der Waals surface area contributed by atoms with Gasteiger partial charge in [-0.25, -0.2) is 4.79 Å². The number of imide groups is 1. The number of urea groups is 1. The van der Waals surface area contributed by atoms with Crippen LogP contribution in [0.5, 0.6) is 0 Å². The van der Waals surface area contributed by atoms with Crippen molar-refractivity contribution < 1.29 is 14.4 Å². The summed E-state index contributed by atoms with van der Waals surface area (Å²) in [6.07, 6.45) is 11.0. The van der Waals surface area contributed by atoms with E-state index >= 15 is 0 Å². The van der Waals surface area contributed by atoms with Crippen molar-refractivity contribution in [3.63, 3.8) is 0 Å². The van der Waals surface area contributed by atoms with E-state index in [0.29, 0.717) is 30.8 Å². The van der Waals surface area contributed by atoms with E-state index in [2.05, 4.69) is 30.1 Å². The van der Waals surface area contributed by atoms with E-state index in [1.807, 2.05) is 33.0 Å². The Hall–Kier alpha value is -1.89. The molecule has 0 aromatic carbocycles. The molecule has 0 radical (unpaired) electrons. The van der Waals surface area contributed by atoms with Crippen molar-refractivity contribution in [2.75, 3.05) is 40.8 Å². The van der Waals surface area contributed by atoms with Gasteiger partial charge in [0.15, 0.2) is 0 Å². The van der Waals surface area contributed by atoms with Gasteiger partial charge in [-0.2, -0.15) is 0 Å². The number of hydrogen-bond acceptors (Lipinski definition) is 4. The van der Waals surface area contributed by atoms with Gasteiger partial charge in [-0.1, -0.05) is 19.9 Å². The minimum atomic E-state index is -0.245. The Balaban J connectivity index is 1.54. The standard InChI is InChI=1S/C28H46N4O3/c1-7-29-26(35)32(18-8-17-30(4)5)25(34)22-11-10-20-19-9-12-23-28(3,16-14-24(33)31(23)6)21(19)13-15-27(20,22)2/h14,16,19-23H,7-13,15,17-18H2,1-6H3,(H,29,35)/t19-,20-,21-,22+,23+,27-,28+/m0/s1. The zero-order chi connectivity index (χ0) is 25.5. The number of fused-ring (bicyclic) bond motifs is 5. The molecule has 3 saturated carbocycles. The third-order valence-corrected chi connectivity index (χ3v) is 10.3. The number of nitrogens with zero attached hydrogens (tertiary/aromatic N) is 3. The third-order valence-electron chi connectivity index (χ3n) is 10.3. The van der Waals surface area contributed by atoms with Crippen molar-refractivity contribution in [3.8, 4) is 0 Å². The van der Waals surface area contributed by atoms with Crippen molar-refractivity contribution >= 4 is 17.8 Å². The van der Waals surface area contributed by atoms with Crippen LogP contribution in [-0.2, 0) is 9.59 Å². The van der Waals surface area contributed by atoms with Gasteiger partial charge in [0.1, 0.15) is 0 Å². The molecular formula is C28H46N4O3. The quantitative estimate of drug-likeness (QED) is 0.621. The zero-order valence-electron chi connectivity index (χ0n) is 22.7. The van der Waals surface area contributed by atoms with Gasteiger partial charge >= 0.3 is 6.03 Å². The first-order valence-corrected chi connectivity index (χ1v) is 13.7. The van der Waals surface area contributed by atoms with Crippen LogP contribution in [0.15, 0.2) is 12.2 Å². The third kappa shape index (κ3) is 4.42. The average molecular weight is 487 g/mol. The number of amides is 4. The summed E-state index contributed by atoms with van der Waals surface area (Å²) in [6, 6.07) is 0.0272. The van der Waals surface area contributed by atoms with Crippen molar-refractivity contribution in [2.24, 2.45) is 34.5 Å². The van der Waals surface area contributed by atoms with Gasteiger partial charge < -0.3 is 15.1 Å².